The lowest BCUT2D eigenvalue weighted by molar-refractivity contribution is -0.122. The lowest BCUT2D eigenvalue weighted by Gasteiger charge is -2.35. The Hall–Kier alpha value is -1.39. The van der Waals surface area contributed by atoms with E-state index in [-0.39, 0.29) is 6.10 Å². The third kappa shape index (κ3) is 5.56. The standard InChI is InChI=1S/C28H41NO3/c30-24(20-25-3-2-17-31-25)19-22-8-6-21(7-9-22)10-14-29-15-11-23(12-16-29)26-4-1-5-28-27(26)13-18-32-28/h1,4-5,21-23,25H,2-3,6-20H2/t21?,22?,25-/m0/s1. The molecule has 1 aliphatic carbocycles. The molecule has 0 aromatic heterocycles. The number of hydrogen-bond acceptors (Lipinski definition) is 4. The quantitative estimate of drug-likeness (QED) is 0.534. The van der Waals surface area contributed by atoms with Crippen LogP contribution in [0.5, 0.6) is 5.75 Å². The molecule has 0 amide bonds. The first-order chi connectivity index (χ1) is 15.7. The fourth-order valence-corrected chi connectivity index (χ4v) is 6.65. The van der Waals surface area contributed by atoms with Crippen molar-refractivity contribution in [2.45, 2.75) is 89.1 Å². The Kier molecular flexibility index (Phi) is 7.49. The number of ketones is 1. The summed E-state index contributed by atoms with van der Waals surface area (Å²) in [6.07, 6.45) is 14.1. The number of carbonyl (C=O) groups is 1. The molecular formula is C28H41NO3. The zero-order valence-electron chi connectivity index (χ0n) is 19.7. The molecule has 32 heavy (non-hydrogen) atoms. The Labute approximate surface area is 194 Å². The zero-order valence-corrected chi connectivity index (χ0v) is 19.7. The number of fused-ring (bicyclic) bond motifs is 1. The van der Waals surface area contributed by atoms with Gasteiger partial charge in [-0.15, -0.1) is 0 Å². The third-order valence-corrected chi connectivity index (χ3v) is 8.62. The van der Waals surface area contributed by atoms with Gasteiger partial charge >= 0.3 is 0 Å². The van der Waals surface area contributed by atoms with Gasteiger partial charge in [0.25, 0.3) is 0 Å². The second-order valence-electron chi connectivity index (χ2n) is 10.8. The summed E-state index contributed by atoms with van der Waals surface area (Å²) in [4.78, 5) is 15.1. The smallest absolute Gasteiger partial charge is 0.135 e. The molecule has 3 aliphatic heterocycles. The number of carbonyl (C=O) groups excluding carboxylic acids is 1. The van der Waals surface area contributed by atoms with Gasteiger partial charge in [0.15, 0.2) is 0 Å². The number of likely N-dealkylation sites (tertiary alicyclic amines) is 1. The van der Waals surface area contributed by atoms with Crippen LogP contribution < -0.4 is 4.74 Å². The highest BCUT2D eigenvalue weighted by Crippen LogP contribution is 2.38. The van der Waals surface area contributed by atoms with E-state index in [1.165, 1.54) is 70.1 Å². The summed E-state index contributed by atoms with van der Waals surface area (Å²) in [5.74, 6) is 3.79. The van der Waals surface area contributed by atoms with E-state index < -0.39 is 0 Å². The maximum absolute atomic E-state index is 12.4. The molecule has 5 rings (SSSR count). The van der Waals surface area contributed by atoms with E-state index in [1.54, 1.807) is 5.56 Å². The molecular weight excluding hydrogens is 398 g/mol. The van der Waals surface area contributed by atoms with Crippen molar-refractivity contribution < 1.29 is 14.3 Å². The summed E-state index contributed by atoms with van der Waals surface area (Å²) in [6, 6.07) is 6.66. The van der Waals surface area contributed by atoms with Crippen molar-refractivity contribution >= 4 is 5.78 Å². The van der Waals surface area contributed by atoms with E-state index in [9.17, 15) is 4.79 Å². The van der Waals surface area contributed by atoms with Gasteiger partial charge in [-0.2, -0.15) is 0 Å². The highest BCUT2D eigenvalue weighted by molar-refractivity contribution is 5.79. The Bertz CT molecular complexity index is 756. The SMILES string of the molecule is O=C(CC1CCC(CCN2CCC(c3cccc4c3CCO4)CC2)CC1)C[C@@H]1CCCO1. The van der Waals surface area contributed by atoms with E-state index in [1.807, 2.05) is 0 Å². The Balaban J connectivity index is 0.988. The van der Waals surface area contributed by atoms with Gasteiger partial charge in [0.05, 0.1) is 12.7 Å². The third-order valence-electron chi connectivity index (χ3n) is 8.62. The highest BCUT2D eigenvalue weighted by Gasteiger charge is 2.28. The van der Waals surface area contributed by atoms with Gasteiger partial charge < -0.3 is 14.4 Å². The minimum Gasteiger partial charge on any atom is -0.493 e. The molecule has 0 spiro atoms. The number of Topliss-reactive ketones (excluding diaryl/α,β-unsaturated/α-hetero) is 1. The van der Waals surface area contributed by atoms with Gasteiger partial charge in [-0.1, -0.05) is 25.0 Å². The van der Waals surface area contributed by atoms with Crippen molar-refractivity contribution in [1.82, 2.24) is 4.90 Å². The van der Waals surface area contributed by atoms with Gasteiger partial charge in [-0.3, -0.25) is 4.79 Å². The molecule has 0 N–H and O–H groups in total. The fourth-order valence-electron chi connectivity index (χ4n) is 6.65. The van der Waals surface area contributed by atoms with E-state index in [2.05, 4.69) is 23.1 Å². The summed E-state index contributed by atoms with van der Waals surface area (Å²) in [6.45, 7) is 5.45. The minimum absolute atomic E-state index is 0.221. The molecule has 3 heterocycles. The topological polar surface area (TPSA) is 38.8 Å². The molecule has 0 unspecified atom stereocenters. The number of benzene rings is 1. The Morgan fingerprint density at radius 1 is 0.938 bits per heavy atom. The van der Waals surface area contributed by atoms with Gasteiger partial charge in [-0.05, 0) is 94.0 Å². The van der Waals surface area contributed by atoms with Gasteiger partial charge in [0.1, 0.15) is 11.5 Å². The number of hydrogen-bond donors (Lipinski definition) is 0. The molecule has 1 atom stereocenters. The lowest BCUT2D eigenvalue weighted by Crippen LogP contribution is -2.35. The predicted octanol–water partition coefficient (Wildman–Crippen LogP) is 5.53. The van der Waals surface area contributed by atoms with Crippen molar-refractivity contribution in [3.8, 4) is 5.75 Å². The van der Waals surface area contributed by atoms with Crippen LogP contribution in [0.3, 0.4) is 0 Å². The van der Waals surface area contributed by atoms with Crippen molar-refractivity contribution in [2.75, 3.05) is 32.8 Å². The first-order valence-corrected chi connectivity index (χ1v) is 13.3. The summed E-state index contributed by atoms with van der Waals surface area (Å²) < 4.78 is 11.4. The molecule has 4 nitrogen and oxygen atoms in total. The maximum Gasteiger partial charge on any atom is 0.135 e. The van der Waals surface area contributed by atoms with Gasteiger partial charge in [0.2, 0.25) is 0 Å². The molecule has 0 radical (unpaired) electrons. The van der Waals surface area contributed by atoms with Crippen LogP contribution in [0, 0.1) is 11.8 Å². The van der Waals surface area contributed by atoms with Crippen LogP contribution in [0.25, 0.3) is 0 Å². The molecule has 4 heteroatoms. The number of nitrogens with zero attached hydrogens (tertiary/aromatic N) is 1. The van der Waals surface area contributed by atoms with Crippen molar-refractivity contribution in [2.24, 2.45) is 11.8 Å². The van der Waals surface area contributed by atoms with E-state index in [4.69, 9.17) is 9.47 Å². The van der Waals surface area contributed by atoms with Gasteiger partial charge in [-0.25, -0.2) is 0 Å². The van der Waals surface area contributed by atoms with Crippen LogP contribution in [-0.4, -0.2) is 49.6 Å². The minimum atomic E-state index is 0.221. The molecule has 1 aromatic carbocycles. The van der Waals surface area contributed by atoms with Crippen molar-refractivity contribution in [3.05, 3.63) is 29.3 Å². The Morgan fingerprint density at radius 2 is 1.75 bits per heavy atom. The number of piperidine rings is 1. The summed E-state index contributed by atoms with van der Waals surface area (Å²) in [5.41, 5.74) is 3.05. The van der Waals surface area contributed by atoms with Crippen LogP contribution in [0.15, 0.2) is 18.2 Å². The van der Waals surface area contributed by atoms with Crippen LogP contribution in [0.2, 0.25) is 0 Å². The summed E-state index contributed by atoms with van der Waals surface area (Å²) in [7, 11) is 0. The second-order valence-corrected chi connectivity index (χ2v) is 10.8. The molecule has 2 saturated heterocycles. The average molecular weight is 440 g/mol. The van der Waals surface area contributed by atoms with Crippen LogP contribution in [-0.2, 0) is 16.0 Å². The number of ether oxygens (including phenoxy) is 2. The van der Waals surface area contributed by atoms with Crippen molar-refractivity contribution in [3.63, 3.8) is 0 Å². The number of rotatable bonds is 8. The molecule has 3 fully saturated rings. The van der Waals surface area contributed by atoms with E-state index in [0.717, 1.165) is 50.6 Å². The monoisotopic (exact) mass is 439 g/mol. The van der Waals surface area contributed by atoms with Crippen LogP contribution >= 0.6 is 0 Å². The maximum atomic E-state index is 12.4. The molecule has 1 saturated carbocycles. The largest absolute Gasteiger partial charge is 0.493 e. The van der Waals surface area contributed by atoms with E-state index >= 15 is 0 Å². The Morgan fingerprint density at radius 3 is 2.53 bits per heavy atom. The van der Waals surface area contributed by atoms with Crippen molar-refractivity contribution in [1.29, 1.82) is 0 Å². The lowest BCUT2D eigenvalue weighted by atomic mass is 9.78. The normalized spacial score (nSPS) is 29.1. The highest BCUT2D eigenvalue weighted by atomic mass is 16.5. The first kappa shape index (κ1) is 22.4. The molecule has 176 valence electrons. The molecule has 4 aliphatic rings. The average Bonchev–Trinajstić information content (AvgIpc) is 3.51. The molecule has 0 bridgehead atoms. The first-order valence-electron chi connectivity index (χ1n) is 13.3. The summed E-state index contributed by atoms with van der Waals surface area (Å²) >= 11 is 0. The van der Waals surface area contributed by atoms with E-state index in [0.29, 0.717) is 24.0 Å². The van der Waals surface area contributed by atoms with Crippen LogP contribution in [0.4, 0.5) is 0 Å². The summed E-state index contributed by atoms with van der Waals surface area (Å²) in [5, 5.41) is 0. The van der Waals surface area contributed by atoms with Crippen LogP contribution in [0.1, 0.15) is 87.7 Å². The fraction of sp³-hybridized carbons (Fsp3) is 0.750. The van der Waals surface area contributed by atoms with Gasteiger partial charge in [0, 0.05) is 31.4 Å². The molecule has 1 aromatic rings. The zero-order chi connectivity index (χ0) is 21.8. The second kappa shape index (κ2) is 10.7. The predicted molar refractivity (Wildman–Crippen MR) is 127 cm³/mol.